The van der Waals surface area contributed by atoms with Crippen molar-refractivity contribution in [3.63, 3.8) is 0 Å². The maximum absolute atomic E-state index is 10.2. The Balaban J connectivity index is 1.52. The van der Waals surface area contributed by atoms with E-state index in [0.29, 0.717) is 0 Å². The summed E-state index contributed by atoms with van der Waals surface area (Å²) >= 11 is 0. The Morgan fingerprint density at radius 1 is 0.967 bits per heavy atom. The summed E-state index contributed by atoms with van der Waals surface area (Å²) in [5.74, 6) is 0. The second-order valence-electron chi connectivity index (χ2n) is 7.49. The lowest BCUT2D eigenvalue weighted by Crippen LogP contribution is -2.62. The average Bonchev–Trinajstić information content (AvgIpc) is 3.03. The standard InChI is InChI=1S/C18H30O12/c1-2-3-25-4-8(19)5-26-6-9-11(20)12(21)13(22)18(29-9)30-15-10-7-27-16(15)14(23)17(24)28-10/h2,8-24H,1,3-7H2/t8-,9-,10+,11-,12+,13-,14-,15+,16-,17-,18+/m0/s1. The fourth-order valence-corrected chi connectivity index (χ4v) is 3.58. The summed E-state index contributed by atoms with van der Waals surface area (Å²) < 4.78 is 32.3. The number of hydrogen-bond donors (Lipinski definition) is 6. The van der Waals surface area contributed by atoms with Crippen LogP contribution in [0.4, 0.5) is 0 Å². The van der Waals surface area contributed by atoms with Crippen molar-refractivity contribution in [2.75, 3.05) is 33.0 Å². The zero-order valence-corrected chi connectivity index (χ0v) is 16.3. The maximum Gasteiger partial charge on any atom is 0.187 e. The van der Waals surface area contributed by atoms with Crippen LogP contribution in [0.5, 0.6) is 0 Å². The first-order valence-corrected chi connectivity index (χ1v) is 9.76. The van der Waals surface area contributed by atoms with Crippen molar-refractivity contribution in [3.8, 4) is 0 Å². The number of ether oxygens (including phenoxy) is 6. The van der Waals surface area contributed by atoms with Crippen LogP contribution < -0.4 is 0 Å². The molecular weight excluding hydrogens is 408 g/mol. The van der Waals surface area contributed by atoms with E-state index in [1.807, 2.05) is 0 Å². The number of aliphatic hydroxyl groups excluding tert-OH is 6. The molecule has 3 aliphatic rings. The van der Waals surface area contributed by atoms with Crippen LogP contribution in [0.1, 0.15) is 0 Å². The zero-order chi connectivity index (χ0) is 21.8. The molecule has 3 rings (SSSR count). The molecule has 3 heterocycles. The van der Waals surface area contributed by atoms with Crippen molar-refractivity contribution >= 4 is 0 Å². The number of rotatable bonds is 10. The van der Waals surface area contributed by atoms with Crippen LogP contribution in [0.15, 0.2) is 12.7 Å². The maximum atomic E-state index is 10.2. The van der Waals surface area contributed by atoms with E-state index in [0.717, 1.165) is 0 Å². The van der Waals surface area contributed by atoms with Gasteiger partial charge in [0.05, 0.1) is 33.0 Å². The highest BCUT2D eigenvalue weighted by Gasteiger charge is 2.54. The van der Waals surface area contributed by atoms with E-state index < -0.39 is 67.5 Å². The largest absolute Gasteiger partial charge is 0.388 e. The minimum absolute atomic E-state index is 0.0335. The van der Waals surface area contributed by atoms with Gasteiger partial charge < -0.3 is 59.1 Å². The summed E-state index contributed by atoms with van der Waals surface area (Å²) in [7, 11) is 0. The van der Waals surface area contributed by atoms with Crippen molar-refractivity contribution in [2.45, 2.75) is 67.5 Å². The molecule has 6 N–H and O–H groups in total. The molecule has 12 nitrogen and oxygen atoms in total. The molecule has 0 radical (unpaired) electrons. The first-order chi connectivity index (χ1) is 14.3. The van der Waals surface area contributed by atoms with E-state index >= 15 is 0 Å². The number of fused-ring (bicyclic) bond motifs is 2. The van der Waals surface area contributed by atoms with E-state index in [1.165, 1.54) is 0 Å². The predicted molar refractivity (Wildman–Crippen MR) is 96.0 cm³/mol. The van der Waals surface area contributed by atoms with Crippen LogP contribution in [-0.4, -0.2) is 131 Å². The van der Waals surface area contributed by atoms with Crippen LogP contribution in [0.3, 0.4) is 0 Å². The normalized spacial score (nSPS) is 44.7. The Morgan fingerprint density at radius 3 is 2.43 bits per heavy atom. The van der Waals surface area contributed by atoms with Crippen molar-refractivity contribution in [2.24, 2.45) is 0 Å². The van der Waals surface area contributed by atoms with Crippen LogP contribution in [-0.2, 0) is 28.4 Å². The second kappa shape index (κ2) is 10.7. The van der Waals surface area contributed by atoms with Gasteiger partial charge in [0.2, 0.25) is 0 Å². The summed E-state index contributed by atoms with van der Waals surface area (Å²) in [6.07, 6.45) is -11.7. The minimum atomic E-state index is -1.59. The van der Waals surface area contributed by atoms with E-state index in [4.69, 9.17) is 28.4 Å². The Kier molecular flexibility index (Phi) is 8.55. The molecule has 0 amide bonds. The van der Waals surface area contributed by atoms with Crippen LogP contribution >= 0.6 is 0 Å². The van der Waals surface area contributed by atoms with E-state index in [2.05, 4.69) is 6.58 Å². The van der Waals surface area contributed by atoms with Gasteiger partial charge in [0.25, 0.3) is 0 Å². The summed E-state index contributed by atoms with van der Waals surface area (Å²) in [6.45, 7) is 3.57. The highest BCUT2D eigenvalue weighted by molar-refractivity contribution is 4.98. The average molecular weight is 438 g/mol. The molecule has 2 bridgehead atoms. The molecule has 0 aromatic rings. The predicted octanol–water partition coefficient (Wildman–Crippen LogP) is -3.76. The Morgan fingerprint density at radius 2 is 1.70 bits per heavy atom. The smallest absolute Gasteiger partial charge is 0.187 e. The molecule has 11 atom stereocenters. The Labute approximate surface area is 173 Å². The van der Waals surface area contributed by atoms with E-state index in [9.17, 15) is 30.6 Å². The topological polar surface area (TPSA) is 177 Å². The van der Waals surface area contributed by atoms with Crippen LogP contribution in [0.25, 0.3) is 0 Å². The lowest BCUT2D eigenvalue weighted by Gasteiger charge is -2.43. The minimum Gasteiger partial charge on any atom is -0.388 e. The Hall–Kier alpha value is -0.740. The van der Waals surface area contributed by atoms with Gasteiger partial charge in [-0.3, -0.25) is 0 Å². The highest BCUT2D eigenvalue weighted by atomic mass is 16.7. The summed E-state index contributed by atoms with van der Waals surface area (Å²) in [5, 5.41) is 60.0. The van der Waals surface area contributed by atoms with Crippen LogP contribution in [0.2, 0.25) is 0 Å². The van der Waals surface area contributed by atoms with E-state index in [1.54, 1.807) is 6.08 Å². The molecule has 174 valence electrons. The van der Waals surface area contributed by atoms with Crippen molar-refractivity contribution < 1.29 is 59.1 Å². The zero-order valence-electron chi connectivity index (χ0n) is 16.3. The lowest BCUT2D eigenvalue weighted by molar-refractivity contribution is -0.338. The fraction of sp³-hybridized carbons (Fsp3) is 0.889. The first-order valence-electron chi connectivity index (χ1n) is 9.76. The molecule has 12 heteroatoms. The molecule has 30 heavy (non-hydrogen) atoms. The second-order valence-corrected chi connectivity index (χ2v) is 7.49. The quantitative estimate of drug-likeness (QED) is 0.145. The van der Waals surface area contributed by atoms with Gasteiger partial charge >= 0.3 is 0 Å². The third-order valence-corrected chi connectivity index (χ3v) is 5.18. The molecule has 0 aliphatic carbocycles. The molecule has 3 fully saturated rings. The van der Waals surface area contributed by atoms with Gasteiger partial charge in [-0.15, -0.1) is 6.58 Å². The first kappa shape index (κ1) is 23.9. The van der Waals surface area contributed by atoms with Gasteiger partial charge in [-0.05, 0) is 0 Å². The SMILES string of the molecule is C=CCOC[C@H](O)COC[C@@H]1O[C@H](O[C@H]2[C@H]3OC[C@H]2O[C@H](O)[C@H]3O)[C@@H](O)[C@H](O)[C@H]1O. The van der Waals surface area contributed by atoms with Crippen molar-refractivity contribution in [3.05, 3.63) is 12.7 Å². The molecule has 0 aromatic carbocycles. The summed E-state index contributed by atoms with van der Waals surface area (Å²) in [6, 6.07) is 0. The van der Waals surface area contributed by atoms with Gasteiger partial charge in [-0.25, -0.2) is 0 Å². The van der Waals surface area contributed by atoms with Gasteiger partial charge in [0.1, 0.15) is 54.9 Å². The fourth-order valence-electron chi connectivity index (χ4n) is 3.58. The van der Waals surface area contributed by atoms with Crippen LogP contribution in [0, 0.1) is 0 Å². The van der Waals surface area contributed by atoms with Crippen molar-refractivity contribution in [1.82, 2.24) is 0 Å². The third kappa shape index (κ3) is 5.35. The summed E-state index contributed by atoms with van der Waals surface area (Å²) in [4.78, 5) is 0. The Bertz CT molecular complexity index is 549. The monoisotopic (exact) mass is 438 g/mol. The molecule has 0 aromatic heterocycles. The highest BCUT2D eigenvalue weighted by Crippen LogP contribution is 2.34. The molecular formula is C18H30O12. The number of aliphatic hydroxyl groups is 6. The molecule has 0 unspecified atom stereocenters. The van der Waals surface area contributed by atoms with Gasteiger partial charge in [0.15, 0.2) is 12.6 Å². The van der Waals surface area contributed by atoms with E-state index in [-0.39, 0.29) is 33.0 Å². The number of hydrogen-bond acceptors (Lipinski definition) is 12. The van der Waals surface area contributed by atoms with Crippen molar-refractivity contribution in [1.29, 1.82) is 0 Å². The van der Waals surface area contributed by atoms with Gasteiger partial charge in [-0.1, -0.05) is 6.08 Å². The van der Waals surface area contributed by atoms with Gasteiger partial charge in [-0.2, -0.15) is 0 Å². The molecule has 3 saturated heterocycles. The third-order valence-electron chi connectivity index (χ3n) is 5.18. The molecule has 0 spiro atoms. The summed E-state index contributed by atoms with van der Waals surface area (Å²) in [5.41, 5.74) is 0. The van der Waals surface area contributed by atoms with Gasteiger partial charge in [0, 0.05) is 0 Å². The lowest BCUT2D eigenvalue weighted by atomic mass is 9.98. The molecule has 0 saturated carbocycles. The molecule has 3 aliphatic heterocycles.